The minimum absolute atomic E-state index is 0.0189. The second-order valence-electron chi connectivity index (χ2n) is 6.31. The van der Waals surface area contributed by atoms with Gasteiger partial charge in [-0.25, -0.2) is 18.1 Å². The van der Waals surface area contributed by atoms with Gasteiger partial charge in [0, 0.05) is 24.3 Å². The molecule has 0 saturated carbocycles. The van der Waals surface area contributed by atoms with E-state index in [1.807, 2.05) is 0 Å². The highest BCUT2D eigenvalue weighted by molar-refractivity contribution is 7.89. The van der Waals surface area contributed by atoms with Crippen molar-refractivity contribution in [2.24, 2.45) is 5.92 Å². The molecule has 0 unspecified atom stereocenters. The lowest BCUT2D eigenvalue weighted by Gasteiger charge is -2.24. The smallest absolute Gasteiger partial charge is 0.242 e. The van der Waals surface area contributed by atoms with Gasteiger partial charge in [0.25, 0.3) is 0 Å². The third-order valence-electron chi connectivity index (χ3n) is 3.61. The first-order valence-electron chi connectivity index (χ1n) is 7.35. The van der Waals surface area contributed by atoms with E-state index in [0.717, 1.165) is 6.42 Å². The molecule has 0 aliphatic rings. The summed E-state index contributed by atoms with van der Waals surface area (Å²) in [5, 5.41) is 10.8. The van der Waals surface area contributed by atoms with Crippen LogP contribution in [0.4, 0.5) is 0 Å². The molecule has 1 atom stereocenters. The van der Waals surface area contributed by atoms with Crippen LogP contribution in [0.5, 0.6) is 0 Å². The first kappa shape index (κ1) is 16.9. The molecule has 2 rings (SSSR count). The highest BCUT2D eigenvalue weighted by Crippen LogP contribution is 2.21. The molecule has 0 radical (unpaired) electrons. The third kappa shape index (κ3) is 4.06. The van der Waals surface area contributed by atoms with Crippen LogP contribution in [0.2, 0.25) is 0 Å². The Labute approximate surface area is 131 Å². The predicted octanol–water partition coefficient (Wildman–Crippen LogP) is 2.03. The van der Waals surface area contributed by atoms with Crippen molar-refractivity contribution in [3.05, 3.63) is 24.5 Å². The van der Waals surface area contributed by atoms with Gasteiger partial charge in [-0.2, -0.15) is 0 Å². The van der Waals surface area contributed by atoms with Crippen LogP contribution in [-0.2, 0) is 10.0 Å². The molecular weight excluding hydrogens is 302 g/mol. The fourth-order valence-corrected chi connectivity index (χ4v) is 3.49. The third-order valence-corrected chi connectivity index (χ3v) is 5.05. The monoisotopic (exact) mass is 325 g/mol. The molecule has 6 nitrogen and oxygen atoms in total. The van der Waals surface area contributed by atoms with Crippen molar-refractivity contribution in [3.8, 4) is 0 Å². The Morgan fingerprint density at radius 3 is 2.86 bits per heavy atom. The maximum Gasteiger partial charge on any atom is 0.242 e. The lowest BCUT2D eigenvalue weighted by Crippen LogP contribution is -2.40. The molecule has 2 aromatic rings. The Kier molecular flexibility index (Phi) is 4.89. The largest absolute Gasteiger partial charge is 0.389 e. The molecule has 2 heterocycles. The summed E-state index contributed by atoms with van der Waals surface area (Å²) in [7, 11) is -3.70. The van der Waals surface area contributed by atoms with Crippen molar-refractivity contribution in [3.63, 3.8) is 0 Å². The van der Waals surface area contributed by atoms with Crippen molar-refractivity contribution in [1.29, 1.82) is 0 Å². The number of rotatable bonds is 7. The Morgan fingerprint density at radius 2 is 2.18 bits per heavy atom. The molecule has 0 aliphatic heterocycles. The summed E-state index contributed by atoms with van der Waals surface area (Å²) in [6.45, 7) is 5.77. The van der Waals surface area contributed by atoms with Gasteiger partial charge in [-0.15, -0.1) is 0 Å². The number of hydrogen-bond acceptors (Lipinski definition) is 4. The Hall–Kier alpha value is -1.44. The second-order valence-corrected chi connectivity index (χ2v) is 8.04. The summed E-state index contributed by atoms with van der Waals surface area (Å²) >= 11 is 0. The number of sulfonamides is 1. The molecular formula is C15H23N3O3S. The number of aliphatic hydroxyl groups is 1. The van der Waals surface area contributed by atoms with Crippen LogP contribution in [0.15, 0.2) is 29.4 Å². The van der Waals surface area contributed by atoms with Crippen molar-refractivity contribution < 1.29 is 13.5 Å². The lowest BCUT2D eigenvalue weighted by atomic mass is 9.96. The average Bonchev–Trinajstić information content (AvgIpc) is 2.88. The first-order valence-corrected chi connectivity index (χ1v) is 8.84. The van der Waals surface area contributed by atoms with Gasteiger partial charge in [-0.3, -0.25) is 0 Å². The summed E-state index contributed by atoms with van der Waals surface area (Å²) in [6, 6.07) is 3.39. The van der Waals surface area contributed by atoms with Crippen molar-refractivity contribution in [2.45, 2.75) is 44.1 Å². The number of hydrogen-bond donors (Lipinski definition) is 3. The van der Waals surface area contributed by atoms with Crippen molar-refractivity contribution >= 4 is 21.1 Å². The molecule has 0 amide bonds. The Balaban J connectivity index is 2.11. The van der Waals surface area contributed by atoms with E-state index in [1.165, 1.54) is 6.20 Å². The van der Waals surface area contributed by atoms with E-state index >= 15 is 0 Å². The number of aromatic amines is 1. The van der Waals surface area contributed by atoms with Crippen LogP contribution in [0.3, 0.4) is 0 Å². The summed E-state index contributed by atoms with van der Waals surface area (Å²) in [6.07, 6.45) is 4.40. The van der Waals surface area contributed by atoms with Crippen LogP contribution in [0.25, 0.3) is 11.0 Å². The minimum atomic E-state index is -3.70. The molecule has 22 heavy (non-hydrogen) atoms. The molecule has 3 N–H and O–H groups in total. The Morgan fingerprint density at radius 1 is 1.45 bits per heavy atom. The first-order chi connectivity index (χ1) is 10.2. The number of nitrogens with zero attached hydrogens (tertiary/aromatic N) is 1. The molecule has 2 aromatic heterocycles. The minimum Gasteiger partial charge on any atom is -0.389 e. The summed E-state index contributed by atoms with van der Waals surface area (Å²) in [4.78, 5) is 7.06. The number of H-pyrrole nitrogens is 1. The number of aromatic nitrogens is 2. The van der Waals surface area contributed by atoms with Gasteiger partial charge in [-0.1, -0.05) is 13.8 Å². The molecule has 122 valence electrons. The van der Waals surface area contributed by atoms with Gasteiger partial charge in [0.05, 0.1) is 5.60 Å². The predicted molar refractivity (Wildman–Crippen MR) is 86.0 cm³/mol. The second kappa shape index (κ2) is 6.36. The van der Waals surface area contributed by atoms with E-state index in [4.69, 9.17) is 0 Å². The lowest BCUT2D eigenvalue weighted by molar-refractivity contribution is 0.0506. The highest BCUT2D eigenvalue weighted by Gasteiger charge is 2.26. The van der Waals surface area contributed by atoms with E-state index in [1.54, 1.807) is 25.3 Å². The van der Waals surface area contributed by atoms with Gasteiger partial charge in [0.15, 0.2) is 0 Å². The number of pyridine rings is 1. The van der Waals surface area contributed by atoms with Gasteiger partial charge in [-0.05, 0) is 37.8 Å². The van der Waals surface area contributed by atoms with Crippen LogP contribution < -0.4 is 4.72 Å². The summed E-state index contributed by atoms with van der Waals surface area (Å²) in [5.41, 5.74) is -0.545. The molecule has 0 bridgehead atoms. The molecule has 0 spiro atoms. The SMILES string of the molecule is CC(C)CC[C@@](C)(O)CNS(=O)(=O)c1c[nH]c2ncccc12. The van der Waals surface area contributed by atoms with Crippen LogP contribution in [-0.4, -0.2) is 35.6 Å². The fraction of sp³-hybridized carbons (Fsp3) is 0.533. The fourth-order valence-electron chi connectivity index (χ4n) is 2.17. The maximum atomic E-state index is 12.4. The van der Waals surface area contributed by atoms with Gasteiger partial charge in [0.1, 0.15) is 10.5 Å². The van der Waals surface area contributed by atoms with Gasteiger partial charge >= 0.3 is 0 Å². The van der Waals surface area contributed by atoms with Gasteiger partial charge < -0.3 is 10.1 Å². The molecule has 0 aromatic carbocycles. The standard InChI is InChI=1S/C15H23N3O3S/c1-11(2)6-7-15(3,19)10-18-22(20,21)13-9-17-14-12(13)5-4-8-16-14/h4-5,8-9,11,18-19H,6-7,10H2,1-3H3,(H,16,17)/t15-/m1/s1. The normalized spacial score (nSPS) is 15.3. The van der Waals surface area contributed by atoms with Crippen LogP contribution >= 0.6 is 0 Å². The van der Waals surface area contributed by atoms with E-state index < -0.39 is 15.6 Å². The highest BCUT2D eigenvalue weighted by atomic mass is 32.2. The zero-order chi connectivity index (χ0) is 16.4. The van der Waals surface area contributed by atoms with E-state index in [-0.39, 0.29) is 11.4 Å². The van der Waals surface area contributed by atoms with E-state index in [0.29, 0.717) is 23.4 Å². The van der Waals surface area contributed by atoms with Crippen molar-refractivity contribution in [2.75, 3.05) is 6.54 Å². The summed E-state index contributed by atoms with van der Waals surface area (Å²) in [5.74, 6) is 0.461. The quantitative estimate of drug-likeness (QED) is 0.726. The average molecular weight is 325 g/mol. The topological polar surface area (TPSA) is 95.1 Å². The van der Waals surface area contributed by atoms with E-state index in [2.05, 4.69) is 28.5 Å². The molecule has 0 aliphatic carbocycles. The molecule has 7 heteroatoms. The van der Waals surface area contributed by atoms with Gasteiger partial charge in [0.2, 0.25) is 10.0 Å². The molecule has 0 saturated heterocycles. The maximum absolute atomic E-state index is 12.4. The Bertz CT molecular complexity index is 735. The number of nitrogens with one attached hydrogen (secondary N) is 2. The van der Waals surface area contributed by atoms with Crippen molar-refractivity contribution in [1.82, 2.24) is 14.7 Å². The molecule has 0 fully saturated rings. The van der Waals surface area contributed by atoms with Crippen LogP contribution in [0, 0.1) is 5.92 Å². The summed E-state index contributed by atoms with van der Waals surface area (Å²) < 4.78 is 27.3. The number of fused-ring (bicyclic) bond motifs is 1. The zero-order valence-electron chi connectivity index (χ0n) is 13.1. The zero-order valence-corrected chi connectivity index (χ0v) is 13.9. The van der Waals surface area contributed by atoms with E-state index in [9.17, 15) is 13.5 Å². The van der Waals surface area contributed by atoms with Crippen LogP contribution in [0.1, 0.15) is 33.6 Å².